The molecule has 0 bridgehead atoms. The van der Waals surface area contributed by atoms with Crippen molar-refractivity contribution in [1.29, 1.82) is 0 Å². The second kappa shape index (κ2) is 8.30. The molecule has 180 valence electrons. The highest BCUT2D eigenvalue weighted by molar-refractivity contribution is 6.01. The molecule has 1 amide bonds. The third kappa shape index (κ3) is 3.88. The van der Waals surface area contributed by atoms with E-state index in [9.17, 15) is 4.79 Å². The molecular formula is C27H26N8O. The van der Waals surface area contributed by atoms with Gasteiger partial charge in [0.1, 0.15) is 11.5 Å². The molecule has 1 aromatic carbocycles. The Kier molecular flexibility index (Phi) is 5.06. The van der Waals surface area contributed by atoms with Gasteiger partial charge in [-0.1, -0.05) is 0 Å². The van der Waals surface area contributed by atoms with Crippen LogP contribution in [0, 0.1) is 12.8 Å². The minimum Gasteiger partial charge on any atom is -0.398 e. The van der Waals surface area contributed by atoms with Gasteiger partial charge < -0.3 is 11.1 Å². The number of aromatic nitrogens is 6. The maximum atomic E-state index is 12.9. The van der Waals surface area contributed by atoms with E-state index in [0.717, 1.165) is 50.8 Å². The second-order valence-electron chi connectivity index (χ2n) is 9.47. The number of nitrogens with zero attached hydrogens (tertiary/aromatic N) is 6. The predicted molar refractivity (Wildman–Crippen MR) is 139 cm³/mol. The third-order valence-electron chi connectivity index (χ3n) is 6.80. The van der Waals surface area contributed by atoms with E-state index in [1.165, 1.54) is 0 Å². The summed E-state index contributed by atoms with van der Waals surface area (Å²) in [6, 6.07) is 9.82. The molecule has 2 atom stereocenters. The average molecular weight is 479 g/mol. The Bertz CT molecular complexity index is 1630. The molecule has 9 nitrogen and oxygen atoms in total. The van der Waals surface area contributed by atoms with Crippen molar-refractivity contribution in [3.8, 4) is 22.5 Å². The number of rotatable bonds is 5. The van der Waals surface area contributed by atoms with Crippen molar-refractivity contribution in [3.63, 3.8) is 0 Å². The molecule has 4 heterocycles. The largest absolute Gasteiger partial charge is 0.398 e. The van der Waals surface area contributed by atoms with Crippen molar-refractivity contribution in [3.05, 3.63) is 72.4 Å². The summed E-state index contributed by atoms with van der Waals surface area (Å²) in [5.74, 6) is 0.621. The van der Waals surface area contributed by atoms with Crippen LogP contribution in [0.4, 0.5) is 11.5 Å². The predicted octanol–water partition coefficient (Wildman–Crippen LogP) is 4.06. The number of pyridine rings is 2. The monoisotopic (exact) mass is 478 g/mol. The highest BCUT2D eigenvalue weighted by atomic mass is 16.2. The Morgan fingerprint density at radius 3 is 2.72 bits per heavy atom. The van der Waals surface area contributed by atoms with E-state index in [0.29, 0.717) is 11.5 Å². The van der Waals surface area contributed by atoms with Crippen molar-refractivity contribution in [1.82, 2.24) is 29.5 Å². The Labute approximate surface area is 208 Å². The fourth-order valence-corrected chi connectivity index (χ4v) is 4.86. The first-order valence-electron chi connectivity index (χ1n) is 11.8. The van der Waals surface area contributed by atoms with E-state index in [2.05, 4.69) is 38.5 Å². The van der Waals surface area contributed by atoms with Crippen molar-refractivity contribution in [2.24, 2.45) is 20.0 Å². The Hall–Kier alpha value is -4.53. The first kappa shape index (κ1) is 22.0. The summed E-state index contributed by atoms with van der Waals surface area (Å²) in [6.45, 7) is 2.05. The van der Waals surface area contributed by atoms with E-state index in [1.54, 1.807) is 21.8 Å². The molecule has 1 fully saturated rings. The first-order chi connectivity index (χ1) is 17.4. The highest BCUT2D eigenvalue weighted by Gasteiger charge is 2.44. The zero-order chi connectivity index (χ0) is 25.0. The second-order valence-corrected chi connectivity index (χ2v) is 9.47. The highest BCUT2D eigenvalue weighted by Crippen LogP contribution is 2.48. The van der Waals surface area contributed by atoms with E-state index < -0.39 is 0 Å². The minimum absolute atomic E-state index is 0.0274. The number of aryl methyl sites for hydroxylation is 3. The molecule has 0 unspecified atom stereocenters. The number of hydrogen-bond acceptors (Lipinski definition) is 6. The summed E-state index contributed by atoms with van der Waals surface area (Å²) >= 11 is 0. The lowest BCUT2D eigenvalue weighted by atomic mass is 9.95. The molecule has 0 radical (unpaired) electrons. The maximum Gasteiger partial charge on any atom is 0.229 e. The van der Waals surface area contributed by atoms with Gasteiger partial charge in [-0.2, -0.15) is 10.2 Å². The van der Waals surface area contributed by atoms with Crippen LogP contribution in [0.25, 0.3) is 33.3 Å². The zero-order valence-electron chi connectivity index (χ0n) is 20.3. The Morgan fingerprint density at radius 1 is 1.11 bits per heavy atom. The van der Waals surface area contributed by atoms with Crippen LogP contribution in [0.3, 0.4) is 0 Å². The fraction of sp³-hybridized carbons (Fsp3) is 0.222. The number of anilines is 2. The summed E-state index contributed by atoms with van der Waals surface area (Å²) in [5.41, 5.74) is 12.7. The zero-order valence-corrected chi connectivity index (χ0v) is 20.3. The SMILES string of the molecule is Cc1ccnc(-c2ccn(C)n2)c1-c1cc(N)c2cnc(NC(=O)[C@@H]3C[C@H]3c3cnn(C)c3)cc2c1. The molecule has 4 aromatic heterocycles. The van der Waals surface area contributed by atoms with E-state index in [4.69, 9.17) is 5.73 Å². The van der Waals surface area contributed by atoms with Crippen LogP contribution < -0.4 is 11.1 Å². The summed E-state index contributed by atoms with van der Waals surface area (Å²) < 4.78 is 3.52. The molecule has 0 saturated heterocycles. The fourth-order valence-electron chi connectivity index (χ4n) is 4.86. The third-order valence-corrected chi connectivity index (χ3v) is 6.80. The molecule has 5 aromatic rings. The molecule has 3 N–H and O–H groups in total. The van der Waals surface area contributed by atoms with Gasteiger partial charge in [0.2, 0.25) is 5.91 Å². The van der Waals surface area contributed by atoms with Gasteiger partial charge in [0, 0.05) is 61.4 Å². The smallest absolute Gasteiger partial charge is 0.229 e. The lowest BCUT2D eigenvalue weighted by Crippen LogP contribution is -2.15. The maximum absolute atomic E-state index is 12.9. The number of fused-ring (bicyclic) bond motifs is 1. The lowest BCUT2D eigenvalue weighted by molar-refractivity contribution is -0.117. The number of nitrogens with one attached hydrogen (secondary N) is 1. The molecule has 1 aliphatic carbocycles. The van der Waals surface area contributed by atoms with Crippen LogP contribution in [0.2, 0.25) is 0 Å². The molecule has 1 aliphatic rings. The van der Waals surface area contributed by atoms with Crippen molar-refractivity contribution >= 4 is 28.2 Å². The van der Waals surface area contributed by atoms with Gasteiger partial charge in [0.05, 0.1) is 11.9 Å². The molecule has 0 aliphatic heterocycles. The molecule has 36 heavy (non-hydrogen) atoms. The number of nitrogens with two attached hydrogens (primary N) is 1. The summed E-state index contributed by atoms with van der Waals surface area (Å²) in [7, 11) is 3.77. The Morgan fingerprint density at radius 2 is 1.97 bits per heavy atom. The van der Waals surface area contributed by atoms with Crippen LogP contribution in [0.5, 0.6) is 0 Å². The van der Waals surface area contributed by atoms with Gasteiger partial charge in [-0.25, -0.2) is 4.98 Å². The van der Waals surface area contributed by atoms with Crippen LogP contribution in [0.15, 0.2) is 61.3 Å². The molecule has 9 heteroatoms. The van der Waals surface area contributed by atoms with Gasteiger partial charge in [0.15, 0.2) is 0 Å². The summed E-state index contributed by atoms with van der Waals surface area (Å²) in [4.78, 5) is 22.0. The number of nitrogen functional groups attached to an aromatic ring is 1. The summed E-state index contributed by atoms with van der Waals surface area (Å²) in [6.07, 6.45) is 10.0. The number of carbonyl (C=O) groups excluding carboxylic acids is 1. The topological polar surface area (TPSA) is 117 Å². The first-order valence-corrected chi connectivity index (χ1v) is 11.8. The number of benzene rings is 1. The van der Waals surface area contributed by atoms with Gasteiger partial charge in [-0.15, -0.1) is 0 Å². The van der Waals surface area contributed by atoms with E-state index >= 15 is 0 Å². The van der Waals surface area contributed by atoms with Crippen LogP contribution in [-0.2, 0) is 18.9 Å². The van der Waals surface area contributed by atoms with E-state index in [1.807, 2.05) is 57.0 Å². The van der Waals surface area contributed by atoms with Crippen LogP contribution in [0.1, 0.15) is 23.5 Å². The number of amides is 1. The van der Waals surface area contributed by atoms with Gasteiger partial charge >= 0.3 is 0 Å². The molecule has 0 spiro atoms. The van der Waals surface area contributed by atoms with Gasteiger partial charge in [0.25, 0.3) is 0 Å². The van der Waals surface area contributed by atoms with E-state index in [-0.39, 0.29) is 17.7 Å². The van der Waals surface area contributed by atoms with Crippen molar-refractivity contribution in [2.45, 2.75) is 19.3 Å². The van der Waals surface area contributed by atoms with Crippen molar-refractivity contribution < 1.29 is 4.79 Å². The minimum atomic E-state index is -0.0675. The molecule has 1 saturated carbocycles. The van der Waals surface area contributed by atoms with Gasteiger partial charge in [-0.3, -0.25) is 19.1 Å². The summed E-state index contributed by atoms with van der Waals surface area (Å²) in [5, 5.41) is 13.5. The molecule has 6 rings (SSSR count). The number of hydrogen-bond donors (Lipinski definition) is 2. The van der Waals surface area contributed by atoms with Crippen LogP contribution in [-0.4, -0.2) is 35.4 Å². The lowest BCUT2D eigenvalue weighted by Gasteiger charge is -2.14. The van der Waals surface area contributed by atoms with Crippen LogP contribution >= 0.6 is 0 Å². The average Bonchev–Trinajstić information content (AvgIpc) is 3.35. The standard InChI is InChI=1S/C27H26N8O/c1-15-4-6-29-26(23-5-7-34(2)33-23)25(15)17-8-16-10-24(30-13-21(16)22(28)9-17)32-27(36)20-11-19(20)18-12-31-35(3)14-18/h4-10,12-14,19-20H,11,28H2,1-3H3,(H,30,32,36)/t19-,20+/m0/s1. The quantitative estimate of drug-likeness (QED) is 0.368. The van der Waals surface area contributed by atoms with Gasteiger partial charge in [-0.05, 0) is 71.7 Å². The molecular weight excluding hydrogens is 452 g/mol. The van der Waals surface area contributed by atoms with Crippen molar-refractivity contribution in [2.75, 3.05) is 11.1 Å². The number of carbonyl (C=O) groups is 1. The normalized spacial score (nSPS) is 16.9. The Balaban J connectivity index is 1.33.